The zero-order chi connectivity index (χ0) is 17.9. The van der Waals surface area contributed by atoms with E-state index in [0.717, 1.165) is 17.7 Å². The summed E-state index contributed by atoms with van der Waals surface area (Å²) >= 11 is 0. The van der Waals surface area contributed by atoms with Gasteiger partial charge < -0.3 is 10.6 Å². The smallest absolute Gasteiger partial charge is 0.191 e. The molecule has 0 aliphatic heterocycles. The van der Waals surface area contributed by atoms with Crippen molar-refractivity contribution in [2.75, 3.05) is 18.8 Å². The molecule has 7 heteroatoms. The summed E-state index contributed by atoms with van der Waals surface area (Å²) in [5.41, 5.74) is 2.02. The number of hydrogen-bond donors (Lipinski definition) is 2. The first kappa shape index (κ1) is 22.6. The lowest BCUT2D eigenvalue weighted by molar-refractivity contribution is 0.627. The van der Waals surface area contributed by atoms with Crippen molar-refractivity contribution < 1.29 is 8.60 Å². The first-order valence-corrected chi connectivity index (χ1v) is 9.81. The van der Waals surface area contributed by atoms with Gasteiger partial charge in [-0.3, -0.25) is 4.21 Å². The average molecular weight is 489 g/mol. The molecular weight excluding hydrogens is 464 g/mol. The van der Waals surface area contributed by atoms with Crippen LogP contribution in [0.4, 0.5) is 4.39 Å². The number of benzene rings is 2. The first-order chi connectivity index (χ1) is 12.2. The Balaban J connectivity index is 0.00000338. The van der Waals surface area contributed by atoms with Gasteiger partial charge in [-0.05, 0) is 30.2 Å². The van der Waals surface area contributed by atoms with Crippen LogP contribution >= 0.6 is 24.0 Å². The maximum absolute atomic E-state index is 12.9. The molecule has 0 bridgehead atoms. The number of nitrogens with one attached hydrogen (secondary N) is 2. The van der Waals surface area contributed by atoms with Gasteiger partial charge in [0.15, 0.2) is 5.96 Å². The van der Waals surface area contributed by atoms with Gasteiger partial charge in [0.1, 0.15) is 5.82 Å². The van der Waals surface area contributed by atoms with Crippen LogP contribution in [0.3, 0.4) is 0 Å². The maximum atomic E-state index is 12.9. The molecule has 0 radical (unpaired) electrons. The molecule has 0 fully saturated rings. The largest absolute Gasteiger partial charge is 0.357 e. The first-order valence-electron chi connectivity index (χ1n) is 8.33. The van der Waals surface area contributed by atoms with E-state index in [4.69, 9.17) is 0 Å². The highest BCUT2D eigenvalue weighted by molar-refractivity contribution is 14.0. The van der Waals surface area contributed by atoms with Gasteiger partial charge in [0.05, 0.1) is 6.54 Å². The van der Waals surface area contributed by atoms with E-state index < -0.39 is 10.8 Å². The van der Waals surface area contributed by atoms with Crippen molar-refractivity contribution in [3.05, 3.63) is 71.5 Å². The fourth-order valence-electron chi connectivity index (χ4n) is 2.22. The molecule has 0 heterocycles. The summed E-state index contributed by atoms with van der Waals surface area (Å²) in [5, 5.41) is 6.34. The van der Waals surface area contributed by atoms with E-state index in [1.807, 2.05) is 37.3 Å². The molecule has 2 aromatic rings. The number of guanidine groups is 1. The number of hydrogen-bond acceptors (Lipinski definition) is 2. The molecule has 0 aromatic heterocycles. The standard InChI is InChI=1S/C19H24FN3OS.HI/c1-2-21-19(23-14-16-8-10-18(20)11-9-16)22-12-13-25(24)15-17-6-4-3-5-7-17;/h3-11H,2,12-15H2,1H3,(H2,21,22,23);1H. The van der Waals surface area contributed by atoms with E-state index in [1.54, 1.807) is 12.1 Å². The summed E-state index contributed by atoms with van der Waals surface area (Å²) in [5.74, 6) is 1.53. The van der Waals surface area contributed by atoms with Gasteiger partial charge in [-0.2, -0.15) is 0 Å². The van der Waals surface area contributed by atoms with Crippen molar-refractivity contribution in [3.63, 3.8) is 0 Å². The summed E-state index contributed by atoms with van der Waals surface area (Å²) in [4.78, 5) is 4.47. The third kappa shape index (κ3) is 8.75. The van der Waals surface area contributed by atoms with Gasteiger partial charge in [0.2, 0.25) is 0 Å². The highest BCUT2D eigenvalue weighted by Gasteiger charge is 2.03. The lowest BCUT2D eigenvalue weighted by Gasteiger charge is -2.11. The Morgan fingerprint density at radius 2 is 1.73 bits per heavy atom. The molecule has 0 spiro atoms. The lowest BCUT2D eigenvalue weighted by atomic mass is 10.2. The zero-order valence-electron chi connectivity index (χ0n) is 14.8. The van der Waals surface area contributed by atoms with Gasteiger partial charge in [0, 0.05) is 35.4 Å². The number of rotatable bonds is 8. The minimum atomic E-state index is -0.921. The third-order valence-electron chi connectivity index (χ3n) is 3.47. The quantitative estimate of drug-likeness (QED) is 0.340. The Morgan fingerprint density at radius 3 is 2.38 bits per heavy atom. The monoisotopic (exact) mass is 489 g/mol. The number of nitrogens with zero attached hydrogens (tertiary/aromatic N) is 1. The van der Waals surface area contributed by atoms with Gasteiger partial charge in [0.25, 0.3) is 0 Å². The van der Waals surface area contributed by atoms with Gasteiger partial charge in [-0.25, -0.2) is 9.38 Å². The highest BCUT2D eigenvalue weighted by Crippen LogP contribution is 2.04. The highest BCUT2D eigenvalue weighted by atomic mass is 127. The molecule has 142 valence electrons. The normalized spacial score (nSPS) is 12.2. The van der Waals surface area contributed by atoms with E-state index in [0.29, 0.717) is 30.6 Å². The third-order valence-corrected chi connectivity index (χ3v) is 4.78. The predicted molar refractivity (Wildman–Crippen MR) is 118 cm³/mol. The SMILES string of the molecule is CCNC(=NCc1ccc(F)cc1)NCCS(=O)Cc1ccccc1.I. The van der Waals surface area contributed by atoms with Crippen molar-refractivity contribution in [2.45, 2.75) is 19.2 Å². The van der Waals surface area contributed by atoms with E-state index >= 15 is 0 Å². The fourth-order valence-corrected chi connectivity index (χ4v) is 3.26. The van der Waals surface area contributed by atoms with E-state index in [-0.39, 0.29) is 29.8 Å². The molecule has 1 atom stereocenters. The van der Waals surface area contributed by atoms with Crippen molar-refractivity contribution >= 4 is 40.7 Å². The van der Waals surface area contributed by atoms with Crippen LogP contribution in [0.15, 0.2) is 59.6 Å². The van der Waals surface area contributed by atoms with Crippen LogP contribution in [0.2, 0.25) is 0 Å². The van der Waals surface area contributed by atoms with Gasteiger partial charge in [-0.1, -0.05) is 42.5 Å². The second-order valence-electron chi connectivity index (χ2n) is 5.52. The molecule has 2 aromatic carbocycles. The molecule has 0 amide bonds. The molecule has 0 saturated carbocycles. The minimum absolute atomic E-state index is 0. The molecule has 4 nitrogen and oxygen atoms in total. The minimum Gasteiger partial charge on any atom is -0.357 e. The molecule has 2 N–H and O–H groups in total. The van der Waals surface area contributed by atoms with E-state index in [1.165, 1.54) is 12.1 Å². The number of halogens is 2. The van der Waals surface area contributed by atoms with Gasteiger partial charge in [-0.15, -0.1) is 24.0 Å². The number of aliphatic imine (C=N–C) groups is 1. The van der Waals surface area contributed by atoms with Crippen molar-refractivity contribution in [1.82, 2.24) is 10.6 Å². The zero-order valence-corrected chi connectivity index (χ0v) is 17.9. The van der Waals surface area contributed by atoms with Crippen molar-refractivity contribution in [1.29, 1.82) is 0 Å². The molecule has 0 aliphatic rings. The van der Waals surface area contributed by atoms with Crippen LogP contribution in [0.5, 0.6) is 0 Å². The molecule has 1 unspecified atom stereocenters. The Hall–Kier alpha value is -1.48. The fraction of sp³-hybridized carbons (Fsp3) is 0.316. The van der Waals surface area contributed by atoms with Crippen LogP contribution in [0.1, 0.15) is 18.1 Å². The average Bonchev–Trinajstić information content (AvgIpc) is 2.62. The van der Waals surface area contributed by atoms with Crippen LogP contribution in [0, 0.1) is 5.82 Å². The van der Waals surface area contributed by atoms with Crippen LogP contribution in [0.25, 0.3) is 0 Å². The molecule has 0 saturated heterocycles. The molecular formula is C19H25FIN3OS. The Morgan fingerprint density at radius 1 is 1.04 bits per heavy atom. The van der Waals surface area contributed by atoms with Crippen LogP contribution in [-0.2, 0) is 23.1 Å². The van der Waals surface area contributed by atoms with Crippen molar-refractivity contribution in [3.8, 4) is 0 Å². The molecule has 0 aliphatic carbocycles. The second kappa shape index (κ2) is 12.8. The summed E-state index contributed by atoms with van der Waals surface area (Å²) in [6.07, 6.45) is 0. The Labute approximate surface area is 174 Å². The van der Waals surface area contributed by atoms with E-state index in [9.17, 15) is 8.60 Å². The molecule has 2 rings (SSSR count). The summed E-state index contributed by atoms with van der Waals surface area (Å²) in [6, 6.07) is 16.1. The summed E-state index contributed by atoms with van der Waals surface area (Å²) in [6.45, 7) is 3.77. The Bertz CT molecular complexity index is 696. The topological polar surface area (TPSA) is 53.5 Å². The van der Waals surface area contributed by atoms with Crippen molar-refractivity contribution in [2.24, 2.45) is 4.99 Å². The van der Waals surface area contributed by atoms with Crippen LogP contribution < -0.4 is 10.6 Å². The van der Waals surface area contributed by atoms with Crippen LogP contribution in [-0.4, -0.2) is 29.0 Å². The summed E-state index contributed by atoms with van der Waals surface area (Å²) < 4.78 is 25.1. The lowest BCUT2D eigenvalue weighted by Crippen LogP contribution is -2.39. The predicted octanol–water partition coefficient (Wildman–Crippen LogP) is 3.45. The second-order valence-corrected chi connectivity index (χ2v) is 7.10. The van der Waals surface area contributed by atoms with E-state index in [2.05, 4.69) is 15.6 Å². The van der Waals surface area contributed by atoms with Gasteiger partial charge >= 0.3 is 0 Å². The molecule has 26 heavy (non-hydrogen) atoms. The maximum Gasteiger partial charge on any atom is 0.191 e. The Kier molecular flexibility index (Phi) is 11.1. The summed E-state index contributed by atoms with van der Waals surface area (Å²) in [7, 11) is -0.921.